The maximum Gasteiger partial charge on any atom is 0.122 e. The fourth-order valence-corrected chi connectivity index (χ4v) is 3.11. The van der Waals surface area contributed by atoms with Crippen molar-refractivity contribution in [1.82, 2.24) is 0 Å². The Morgan fingerprint density at radius 2 is 2.20 bits per heavy atom. The Labute approximate surface area is 121 Å². The molecule has 3 nitrogen and oxygen atoms in total. The number of nitriles is 1. The Morgan fingerprint density at radius 3 is 2.85 bits per heavy atom. The molecule has 1 heterocycles. The minimum Gasteiger partial charge on any atom is -0.496 e. The zero-order chi connectivity index (χ0) is 14.6. The predicted octanol–water partition coefficient (Wildman–Crippen LogP) is 3.68. The highest BCUT2D eigenvalue weighted by molar-refractivity contribution is 5.41. The molecule has 0 amide bonds. The molecule has 2 rings (SSSR count). The van der Waals surface area contributed by atoms with Gasteiger partial charge in [0, 0.05) is 24.0 Å². The van der Waals surface area contributed by atoms with E-state index in [0.29, 0.717) is 18.9 Å². The highest BCUT2D eigenvalue weighted by atomic mass is 16.5. The van der Waals surface area contributed by atoms with Crippen LogP contribution in [0, 0.1) is 17.2 Å². The van der Waals surface area contributed by atoms with Gasteiger partial charge in [-0.05, 0) is 24.8 Å². The van der Waals surface area contributed by atoms with E-state index < -0.39 is 0 Å². The molecule has 0 aliphatic carbocycles. The van der Waals surface area contributed by atoms with Gasteiger partial charge in [-0.15, -0.1) is 0 Å². The average molecular weight is 273 g/mol. The van der Waals surface area contributed by atoms with Crippen LogP contribution in [0.2, 0.25) is 0 Å². The van der Waals surface area contributed by atoms with Crippen LogP contribution in [0.5, 0.6) is 5.75 Å². The van der Waals surface area contributed by atoms with Crippen molar-refractivity contribution >= 4 is 0 Å². The summed E-state index contributed by atoms with van der Waals surface area (Å²) in [5.74, 6) is 1.34. The molecule has 0 aromatic heterocycles. The number of methoxy groups -OCH3 is 1. The molecule has 1 saturated heterocycles. The average Bonchev–Trinajstić information content (AvgIpc) is 2.47. The van der Waals surface area contributed by atoms with Crippen LogP contribution in [0.15, 0.2) is 24.3 Å². The molecule has 0 spiro atoms. The molecule has 108 valence electrons. The van der Waals surface area contributed by atoms with Crippen molar-refractivity contribution in [3.8, 4) is 11.8 Å². The Bertz CT molecular complexity index is 492. The number of nitrogens with zero attached hydrogens (tertiary/aromatic N) is 1. The van der Waals surface area contributed by atoms with Crippen LogP contribution in [-0.4, -0.2) is 19.8 Å². The quantitative estimate of drug-likeness (QED) is 0.840. The van der Waals surface area contributed by atoms with Crippen molar-refractivity contribution in [3.63, 3.8) is 0 Å². The molecule has 0 bridgehead atoms. The minimum absolute atomic E-state index is 0.144. The lowest BCUT2D eigenvalue weighted by atomic mass is 9.68. The third-order valence-electron chi connectivity index (χ3n) is 4.34. The summed E-state index contributed by atoms with van der Waals surface area (Å²) in [6.07, 6.45) is 2.49. The number of ether oxygens (including phenoxy) is 2. The van der Waals surface area contributed by atoms with Crippen molar-refractivity contribution in [1.29, 1.82) is 5.26 Å². The van der Waals surface area contributed by atoms with E-state index in [-0.39, 0.29) is 11.5 Å². The molecule has 1 aromatic carbocycles. The fraction of sp³-hybridized carbons (Fsp3) is 0.588. The fourth-order valence-electron chi connectivity index (χ4n) is 3.11. The zero-order valence-electron chi connectivity index (χ0n) is 12.6. The molecule has 2 atom stereocenters. The lowest BCUT2D eigenvalue weighted by Gasteiger charge is -2.42. The summed E-state index contributed by atoms with van der Waals surface area (Å²) in [7, 11) is 1.69. The maximum absolute atomic E-state index is 9.30. The number of rotatable bonds is 4. The highest BCUT2D eigenvalue weighted by Gasteiger charge is 2.41. The molecule has 0 unspecified atom stereocenters. The van der Waals surface area contributed by atoms with Gasteiger partial charge in [0.1, 0.15) is 5.75 Å². The predicted molar refractivity (Wildman–Crippen MR) is 78.7 cm³/mol. The summed E-state index contributed by atoms with van der Waals surface area (Å²) in [6, 6.07) is 10.5. The van der Waals surface area contributed by atoms with Gasteiger partial charge in [-0.2, -0.15) is 5.26 Å². The highest BCUT2D eigenvalue weighted by Crippen LogP contribution is 2.44. The first kappa shape index (κ1) is 14.9. The first-order valence-electron chi connectivity index (χ1n) is 7.25. The van der Waals surface area contributed by atoms with Crippen LogP contribution >= 0.6 is 0 Å². The first-order valence-corrected chi connectivity index (χ1v) is 7.25. The number of hydrogen-bond acceptors (Lipinski definition) is 3. The molecular formula is C17H23NO2. The zero-order valence-corrected chi connectivity index (χ0v) is 12.6. The van der Waals surface area contributed by atoms with Crippen molar-refractivity contribution < 1.29 is 9.47 Å². The summed E-state index contributed by atoms with van der Waals surface area (Å²) in [5.41, 5.74) is 1.01. The van der Waals surface area contributed by atoms with E-state index >= 15 is 0 Å². The van der Waals surface area contributed by atoms with Gasteiger partial charge in [0.2, 0.25) is 0 Å². The Morgan fingerprint density at radius 1 is 1.45 bits per heavy atom. The molecule has 3 heteroatoms. The van der Waals surface area contributed by atoms with Gasteiger partial charge < -0.3 is 9.47 Å². The smallest absolute Gasteiger partial charge is 0.122 e. The Kier molecular flexibility index (Phi) is 4.67. The van der Waals surface area contributed by atoms with Crippen LogP contribution in [0.3, 0.4) is 0 Å². The standard InChI is InChI=1S/C17H23NO2/c1-13(2)16-12-17(8-10-18,9-11-20-16)14-6-4-5-7-15(14)19-3/h4-7,13,16H,8-9,11-12H2,1-3H3/t16-,17+/m1/s1. The van der Waals surface area contributed by atoms with Crippen LogP contribution < -0.4 is 4.74 Å². The number of benzene rings is 1. The third kappa shape index (κ3) is 2.81. The van der Waals surface area contributed by atoms with Crippen molar-refractivity contribution in [3.05, 3.63) is 29.8 Å². The molecule has 1 fully saturated rings. The summed E-state index contributed by atoms with van der Waals surface area (Å²) >= 11 is 0. The van der Waals surface area contributed by atoms with Crippen LogP contribution in [0.25, 0.3) is 0 Å². The lowest BCUT2D eigenvalue weighted by Crippen LogP contribution is -2.41. The monoisotopic (exact) mass is 273 g/mol. The maximum atomic E-state index is 9.30. The minimum atomic E-state index is -0.144. The second-order valence-corrected chi connectivity index (χ2v) is 5.92. The van der Waals surface area contributed by atoms with Crippen LogP contribution in [-0.2, 0) is 10.2 Å². The molecule has 0 saturated carbocycles. The second-order valence-electron chi connectivity index (χ2n) is 5.92. The number of para-hydroxylation sites is 1. The second kappa shape index (κ2) is 6.28. The van der Waals surface area contributed by atoms with E-state index in [0.717, 1.165) is 24.2 Å². The molecule has 20 heavy (non-hydrogen) atoms. The normalized spacial score (nSPS) is 26.2. The van der Waals surface area contributed by atoms with Gasteiger partial charge in [0.25, 0.3) is 0 Å². The van der Waals surface area contributed by atoms with Gasteiger partial charge in [0.15, 0.2) is 0 Å². The van der Waals surface area contributed by atoms with E-state index in [4.69, 9.17) is 9.47 Å². The van der Waals surface area contributed by atoms with E-state index in [9.17, 15) is 5.26 Å². The number of hydrogen-bond donors (Lipinski definition) is 0. The molecule has 1 aliphatic rings. The van der Waals surface area contributed by atoms with Gasteiger partial charge in [-0.1, -0.05) is 32.0 Å². The topological polar surface area (TPSA) is 42.2 Å². The van der Waals surface area contributed by atoms with Gasteiger partial charge in [-0.25, -0.2) is 0 Å². The molecular weight excluding hydrogens is 250 g/mol. The van der Waals surface area contributed by atoms with E-state index in [1.807, 2.05) is 18.2 Å². The lowest BCUT2D eigenvalue weighted by molar-refractivity contribution is -0.0445. The largest absolute Gasteiger partial charge is 0.496 e. The molecule has 0 N–H and O–H groups in total. The van der Waals surface area contributed by atoms with Gasteiger partial charge in [-0.3, -0.25) is 0 Å². The van der Waals surface area contributed by atoms with E-state index in [1.54, 1.807) is 7.11 Å². The van der Waals surface area contributed by atoms with Gasteiger partial charge in [0.05, 0.1) is 19.3 Å². The summed E-state index contributed by atoms with van der Waals surface area (Å²) in [4.78, 5) is 0. The summed E-state index contributed by atoms with van der Waals surface area (Å²) in [6.45, 7) is 5.06. The third-order valence-corrected chi connectivity index (χ3v) is 4.34. The Balaban J connectivity index is 2.41. The van der Waals surface area contributed by atoms with E-state index in [2.05, 4.69) is 26.0 Å². The van der Waals surface area contributed by atoms with Crippen LogP contribution in [0.1, 0.15) is 38.7 Å². The van der Waals surface area contributed by atoms with Gasteiger partial charge >= 0.3 is 0 Å². The van der Waals surface area contributed by atoms with Crippen molar-refractivity contribution in [2.75, 3.05) is 13.7 Å². The Hall–Kier alpha value is -1.53. The summed E-state index contributed by atoms with van der Waals surface area (Å²) < 4.78 is 11.4. The molecule has 0 radical (unpaired) electrons. The van der Waals surface area contributed by atoms with Crippen molar-refractivity contribution in [2.45, 2.75) is 44.6 Å². The van der Waals surface area contributed by atoms with Crippen molar-refractivity contribution in [2.24, 2.45) is 5.92 Å². The molecule has 1 aliphatic heterocycles. The SMILES string of the molecule is COc1ccccc1[C@@]1(CC#N)CCO[C@@H](C(C)C)C1. The summed E-state index contributed by atoms with van der Waals surface area (Å²) in [5, 5.41) is 9.30. The van der Waals surface area contributed by atoms with E-state index in [1.165, 1.54) is 0 Å². The van der Waals surface area contributed by atoms with Crippen LogP contribution in [0.4, 0.5) is 0 Å². The first-order chi connectivity index (χ1) is 9.63. The molecule has 1 aromatic rings.